The van der Waals surface area contributed by atoms with Crippen LogP contribution in [0.3, 0.4) is 0 Å². The molecule has 4 heterocycles. The first-order chi connectivity index (χ1) is 12.7. The second-order valence-electron chi connectivity index (χ2n) is 6.15. The second-order valence-corrected chi connectivity index (χ2v) is 13.4. The zero-order valence-corrected chi connectivity index (χ0v) is 19.2. The molecule has 0 amide bonds. The first-order valence-corrected chi connectivity index (χ1v) is 13.5. The molecule has 3 aromatic heterocycles. The monoisotopic (exact) mass is 448 g/mol. The summed E-state index contributed by atoms with van der Waals surface area (Å²) < 4.78 is 5.76. The maximum absolute atomic E-state index is 2.40. The molecular weight excluding hydrogens is 433 g/mol. The molecule has 26 heavy (non-hydrogen) atoms. The summed E-state index contributed by atoms with van der Waals surface area (Å²) >= 11 is 11.7. The van der Waals surface area contributed by atoms with Crippen LogP contribution in [-0.4, -0.2) is 5.75 Å². The number of thioether (sulfide) groups is 2. The van der Waals surface area contributed by atoms with Crippen LogP contribution in [0.1, 0.15) is 16.2 Å². The van der Waals surface area contributed by atoms with Gasteiger partial charge in [0.1, 0.15) is 0 Å². The summed E-state index contributed by atoms with van der Waals surface area (Å²) in [4.78, 5) is 5.71. The Balaban J connectivity index is 1.78. The summed E-state index contributed by atoms with van der Waals surface area (Å²) in [5.74, 6) is 1.23. The van der Waals surface area contributed by atoms with Crippen LogP contribution < -0.4 is 0 Å². The Bertz CT molecular complexity index is 1070. The molecule has 1 aliphatic heterocycles. The number of aryl methyl sites for hydroxylation is 2. The van der Waals surface area contributed by atoms with E-state index in [1.165, 1.54) is 60.3 Å². The predicted octanol–water partition coefficient (Wildman–Crippen LogP) is 9.02. The van der Waals surface area contributed by atoms with Gasteiger partial charge in [-0.25, -0.2) is 0 Å². The van der Waals surface area contributed by atoms with Crippen LogP contribution in [-0.2, 0) is 0 Å². The van der Waals surface area contributed by atoms with Crippen molar-refractivity contribution in [3.05, 3.63) is 49.7 Å². The molecule has 6 heteroatoms. The van der Waals surface area contributed by atoms with Crippen molar-refractivity contribution in [2.24, 2.45) is 0 Å². The molecule has 0 saturated carbocycles. The fraction of sp³-hybridized carbons (Fsp3) is 0.200. The highest BCUT2D eigenvalue weighted by Gasteiger charge is 2.21. The van der Waals surface area contributed by atoms with Crippen LogP contribution >= 0.6 is 69.3 Å². The summed E-state index contributed by atoms with van der Waals surface area (Å²) in [6.45, 7) is 4.48. The maximum Gasteiger partial charge on any atom is 0.0646 e. The van der Waals surface area contributed by atoms with Gasteiger partial charge in [0, 0.05) is 40.3 Å². The lowest BCUT2D eigenvalue weighted by molar-refractivity contribution is 1.28. The molecule has 0 nitrogen and oxygen atoms in total. The number of hydrogen-bond acceptors (Lipinski definition) is 6. The van der Waals surface area contributed by atoms with Crippen molar-refractivity contribution in [1.82, 2.24) is 0 Å². The lowest BCUT2D eigenvalue weighted by atomic mass is 10.2. The molecule has 0 spiro atoms. The van der Waals surface area contributed by atoms with Crippen molar-refractivity contribution in [2.75, 3.05) is 5.75 Å². The van der Waals surface area contributed by atoms with E-state index < -0.39 is 0 Å². The predicted molar refractivity (Wildman–Crippen MR) is 126 cm³/mol. The van der Waals surface area contributed by atoms with Crippen molar-refractivity contribution < 1.29 is 0 Å². The van der Waals surface area contributed by atoms with Gasteiger partial charge in [-0.3, -0.25) is 0 Å². The van der Waals surface area contributed by atoms with E-state index in [0.717, 1.165) is 0 Å². The first kappa shape index (κ1) is 17.7. The van der Waals surface area contributed by atoms with E-state index in [2.05, 4.69) is 49.6 Å². The Labute approximate surface area is 178 Å². The van der Waals surface area contributed by atoms with Gasteiger partial charge in [-0.15, -0.1) is 45.8 Å². The summed E-state index contributed by atoms with van der Waals surface area (Å²) in [5, 5.41) is 5.05. The number of hydrogen-bond donors (Lipinski definition) is 0. The SMILES string of the molecule is Cc1cc2c(Sc3cccs3)c3sc(C)cc3c(SC3=CCCS3)c2s1. The van der Waals surface area contributed by atoms with E-state index >= 15 is 0 Å². The van der Waals surface area contributed by atoms with E-state index in [-0.39, 0.29) is 0 Å². The molecule has 1 aromatic carbocycles. The minimum Gasteiger partial charge on any atom is -0.139 e. The standard InChI is InChI=1S/C20H16S6/c1-11-9-13-17(23-11)20(26-16-6-4-8-22-16)14-10-12(2)24-18(14)19(13)25-15-5-3-7-21-15/h3,5-7,9-10H,4,8H2,1-2H3. The quantitative estimate of drug-likeness (QED) is 0.305. The van der Waals surface area contributed by atoms with Gasteiger partial charge in [0.25, 0.3) is 0 Å². The normalized spacial score (nSPS) is 14.6. The molecule has 0 atom stereocenters. The third-order valence-corrected chi connectivity index (χ3v) is 11.2. The molecule has 5 rings (SSSR count). The average molecular weight is 449 g/mol. The van der Waals surface area contributed by atoms with Gasteiger partial charge in [0.2, 0.25) is 0 Å². The van der Waals surface area contributed by atoms with Crippen molar-refractivity contribution >= 4 is 89.5 Å². The van der Waals surface area contributed by atoms with Crippen molar-refractivity contribution in [3.8, 4) is 0 Å². The molecule has 1 aliphatic rings. The fourth-order valence-electron chi connectivity index (χ4n) is 3.14. The van der Waals surface area contributed by atoms with E-state index in [0.29, 0.717) is 0 Å². The molecule has 0 unspecified atom stereocenters. The van der Waals surface area contributed by atoms with Crippen LogP contribution in [0.5, 0.6) is 0 Å². The Morgan fingerprint density at radius 3 is 2.19 bits per heavy atom. The van der Waals surface area contributed by atoms with Gasteiger partial charge >= 0.3 is 0 Å². The van der Waals surface area contributed by atoms with Crippen molar-refractivity contribution in [1.29, 1.82) is 0 Å². The van der Waals surface area contributed by atoms with Gasteiger partial charge in [0.15, 0.2) is 0 Å². The molecule has 0 aliphatic carbocycles. The van der Waals surface area contributed by atoms with E-state index in [9.17, 15) is 0 Å². The first-order valence-electron chi connectivity index (χ1n) is 8.37. The van der Waals surface area contributed by atoms with Crippen LogP contribution in [0.4, 0.5) is 0 Å². The van der Waals surface area contributed by atoms with Gasteiger partial charge in [-0.1, -0.05) is 35.7 Å². The molecule has 0 fully saturated rings. The summed E-state index contributed by atoms with van der Waals surface area (Å²) in [6, 6.07) is 9.17. The number of fused-ring (bicyclic) bond motifs is 2. The zero-order valence-electron chi connectivity index (χ0n) is 14.3. The van der Waals surface area contributed by atoms with Crippen LogP contribution in [0.2, 0.25) is 0 Å². The molecule has 0 saturated heterocycles. The van der Waals surface area contributed by atoms with Crippen molar-refractivity contribution in [2.45, 2.75) is 34.3 Å². The number of benzene rings is 1. The topological polar surface area (TPSA) is 0 Å². The third-order valence-electron chi connectivity index (χ3n) is 4.19. The van der Waals surface area contributed by atoms with Crippen LogP contribution in [0, 0.1) is 13.8 Å². The lowest BCUT2D eigenvalue weighted by Crippen LogP contribution is -1.80. The highest BCUT2D eigenvalue weighted by atomic mass is 32.2. The van der Waals surface area contributed by atoms with Gasteiger partial charge in [0.05, 0.1) is 13.6 Å². The minimum absolute atomic E-state index is 1.21. The number of allylic oxidation sites excluding steroid dienone is 1. The van der Waals surface area contributed by atoms with E-state index in [1.54, 1.807) is 0 Å². The minimum atomic E-state index is 1.21. The maximum atomic E-state index is 2.40. The highest BCUT2D eigenvalue weighted by Crippen LogP contribution is 2.53. The Hall–Kier alpha value is -0.370. The summed E-state index contributed by atoms with van der Waals surface area (Å²) in [5.41, 5.74) is 0. The number of rotatable bonds is 4. The Kier molecular flexibility index (Phi) is 4.92. The molecule has 0 radical (unpaired) electrons. The zero-order chi connectivity index (χ0) is 17.7. The van der Waals surface area contributed by atoms with E-state index in [4.69, 9.17) is 0 Å². The van der Waals surface area contributed by atoms with E-state index in [1.807, 2.05) is 69.3 Å². The summed E-state index contributed by atoms with van der Waals surface area (Å²) in [7, 11) is 0. The Morgan fingerprint density at radius 1 is 0.923 bits per heavy atom. The molecule has 4 aromatic rings. The largest absolute Gasteiger partial charge is 0.139 e. The second kappa shape index (κ2) is 7.22. The lowest BCUT2D eigenvalue weighted by Gasteiger charge is -2.10. The van der Waals surface area contributed by atoms with Crippen LogP contribution in [0.15, 0.2) is 54.0 Å². The molecule has 0 N–H and O–H groups in total. The summed E-state index contributed by atoms with van der Waals surface area (Å²) in [6.07, 6.45) is 3.61. The number of thiophene rings is 3. The van der Waals surface area contributed by atoms with Gasteiger partial charge < -0.3 is 0 Å². The van der Waals surface area contributed by atoms with Gasteiger partial charge in [-0.05, 0) is 43.8 Å². The molecule has 132 valence electrons. The fourth-order valence-corrected chi connectivity index (χ4v) is 9.88. The van der Waals surface area contributed by atoms with Crippen molar-refractivity contribution in [3.63, 3.8) is 0 Å². The van der Waals surface area contributed by atoms with Crippen LogP contribution in [0.25, 0.3) is 20.2 Å². The highest BCUT2D eigenvalue weighted by molar-refractivity contribution is 8.22. The Morgan fingerprint density at radius 2 is 1.62 bits per heavy atom. The smallest absolute Gasteiger partial charge is 0.0646 e. The van der Waals surface area contributed by atoms with Gasteiger partial charge in [-0.2, -0.15) is 0 Å². The molecular formula is C20H16S6. The third kappa shape index (κ3) is 3.19. The molecule has 0 bridgehead atoms. The average Bonchev–Trinajstić information content (AvgIpc) is 3.37.